The molecular formula is C45H26N2O2S. The van der Waals surface area contributed by atoms with E-state index in [1.165, 1.54) is 30.9 Å². The van der Waals surface area contributed by atoms with Crippen LogP contribution in [0.2, 0.25) is 0 Å². The maximum Gasteiger partial charge on any atom is 0.228 e. The highest BCUT2D eigenvalue weighted by molar-refractivity contribution is 7.26. The molecule has 0 aliphatic carbocycles. The van der Waals surface area contributed by atoms with Crippen LogP contribution >= 0.6 is 11.3 Å². The first-order chi connectivity index (χ1) is 24.8. The molecule has 0 aliphatic rings. The van der Waals surface area contributed by atoms with E-state index in [-0.39, 0.29) is 0 Å². The smallest absolute Gasteiger partial charge is 0.228 e. The predicted molar refractivity (Wildman–Crippen MR) is 209 cm³/mol. The van der Waals surface area contributed by atoms with Gasteiger partial charge in [0.05, 0.1) is 0 Å². The first-order valence-corrected chi connectivity index (χ1v) is 17.5. The van der Waals surface area contributed by atoms with E-state index in [0.717, 1.165) is 66.4 Å². The van der Waals surface area contributed by atoms with Crippen molar-refractivity contribution in [2.24, 2.45) is 0 Å². The molecule has 0 unspecified atom stereocenters. The Morgan fingerprint density at radius 3 is 2.10 bits per heavy atom. The second-order valence-electron chi connectivity index (χ2n) is 12.7. The summed E-state index contributed by atoms with van der Waals surface area (Å²) in [5, 5.41) is 9.31. The number of anilines is 3. The highest BCUT2D eigenvalue weighted by Crippen LogP contribution is 2.45. The lowest BCUT2D eigenvalue weighted by atomic mass is 10.0. The quantitative estimate of drug-likeness (QED) is 0.189. The Bertz CT molecular complexity index is 3120. The van der Waals surface area contributed by atoms with Crippen LogP contribution in [-0.4, -0.2) is 4.98 Å². The molecule has 0 radical (unpaired) electrons. The van der Waals surface area contributed by atoms with E-state index in [2.05, 4.69) is 132 Å². The molecule has 0 spiro atoms. The van der Waals surface area contributed by atoms with Crippen LogP contribution in [0, 0.1) is 0 Å². The van der Waals surface area contributed by atoms with Crippen molar-refractivity contribution in [3.8, 4) is 11.5 Å². The van der Waals surface area contributed by atoms with Crippen molar-refractivity contribution in [3.63, 3.8) is 0 Å². The molecule has 0 saturated carbocycles. The van der Waals surface area contributed by atoms with Gasteiger partial charge in [-0.3, -0.25) is 0 Å². The van der Waals surface area contributed by atoms with Gasteiger partial charge in [-0.2, -0.15) is 0 Å². The first-order valence-electron chi connectivity index (χ1n) is 16.7. The lowest BCUT2D eigenvalue weighted by Crippen LogP contribution is -2.09. The van der Waals surface area contributed by atoms with E-state index < -0.39 is 0 Å². The summed E-state index contributed by atoms with van der Waals surface area (Å²) >= 11 is 1.85. The molecule has 50 heavy (non-hydrogen) atoms. The van der Waals surface area contributed by atoms with Crippen molar-refractivity contribution in [2.75, 3.05) is 4.90 Å². The topological polar surface area (TPSA) is 42.4 Å². The number of aromatic nitrogens is 1. The summed E-state index contributed by atoms with van der Waals surface area (Å²) in [6, 6.07) is 55.5. The lowest BCUT2D eigenvalue weighted by Gasteiger charge is -2.25. The molecule has 4 nitrogen and oxygen atoms in total. The average molecular weight is 659 g/mol. The molecule has 0 atom stereocenters. The van der Waals surface area contributed by atoms with Gasteiger partial charge in [0.25, 0.3) is 0 Å². The lowest BCUT2D eigenvalue weighted by molar-refractivity contribution is 0.623. The Labute approximate surface area is 290 Å². The zero-order chi connectivity index (χ0) is 32.8. The van der Waals surface area contributed by atoms with Gasteiger partial charge in [-0.15, -0.1) is 11.3 Å². The first kappa shape index (κ1) is 27.5. The molecule has 0 N–H and O–H groups in total. The Kier molecular flexibility index (Phi) is 5.80. The van der Waals surface area contributed by atoms with E-state index in [1.807, 2.05) is 41.7 Å². The fraction of sp³-hybridized carbons (Fsp3) is 0. The molecule has 0 bridgehead atoms. The number of oxazole rings is 1. The van der Waals surface area contributed by atoms with Crippen LogP contribution in [-0.2, 0) is 0 Å². The van der Waals surface area contributed by atoms with E-state index in [1.54, 1.807) is 0 Å². The number of benzene rings is 8. The summed E-state index contributed by atoms with van der Waals surface area (Å²) in [4.78, 5) is 7.25. The van der Waals surface area contributed by atoms with Gasteiger partial charge in [-0.1, -0.05) is 84.9 Å². The summed E-state index contributed by atoms with van der Waals surface area (Å²) in [5.41, 5.74) is 7.33. The number of hydrogen-bond donors (Lipinski definition) is 0. The minimum Gasteiger partial charge on any atom is -0.456 e. The van der Waals surface area contributed by atoms with E-state index >= 15 is 0 Å². The molecule has 0 fully saturated rings. The van der Waals surface area contributed by atoms with Gasteiger partial charge in [0.2, 0.25) is 5.89 Å². The molecule has 0 amide bonds. The fourth-order valence-electron chi connectivity index (χ4n) is 7.60. The molecule has 11 aromatic rings. The summed E-state index contributed by atoms with van der Waals surface area (Å²) in [6.07, 6.45) is 0. The maximum absolute atomic E-state index is 6.59. The van der Waals surface area contributed by atoms with Crippen LogP contribution in [0.5, 0.6) is 0 Å². The minimum atomic E-state index is 0.587. The maximum atomic E-state index is 6.59. The zero-order valence-corrected chi connectivity index (χ0v) is 27.4. The van der Waals surface area contributed by atoms with E-state index in [9.17, 15) is 0 Å². The fourth-order valence-corrected chi connectivity index (χ4v) is 8.70. The van der Waals surface area contributed by atoms with Gasteiger partial charge in [0.1, 0.15) is 16.7 Å². The van der Waals surface area contributed by atoms with Gasteiger partial charge >= 0.3 is 0 Å². The van der Waals surface area contributed by atoms with Gasteiger partial charge in [-0.05, 0) is 82.9 Å². The predicted octanol–water partition coefficient (Wildman–Crippen LogP) is 13.5. The van der Waals surface area contributed by atoms with Gasteiger partial charge in [0.15, 0.2) is 5.58 Å². The largest absolute Gasteiger partial charge is 0.456 e. The monoisotopic (exact) mass is 658 g/mol. The number of nitrogens with zero attached hydrogens (tertiary/aromatic N) is 2. The highest BCUT2D eigenvalue weighted by Gasteiger charge is 2.21. The number of hydrogen-bond acceptors (Lipinski definition) is 5. The Hall–Kier alpha value is -6.43. The van der Waals surface area contributed by atoms with Crippen molar-refractivity contribution in [3.05, 3.63) is 158 Å². The number of thiophene rings is 1. The Morgan fingerprint density at radius 1 is 0.460 bits per heavy atom. The third kappa shape index (κ3) is 4.08. The van der Waals surface area contributed by atoms with Gasteiger partial charge < -0.3 is 13.7 Å². The molecule has 5 heteroatoms. The van der Waals surface area contributed by atoms with Crippen LogP contribution in [0.4, 0.5) is 17.1 Å². The van der Waals surface area contributed by atoms with E-state index in [4.69, 9.17) is 13.8 Å². The van der Waals surface area contributed by atoms with Crippen molar-refractivity contribution < 1.29 is 8.83 Å². The second kappa shape index (κ2) is 10.5. The van der Waals surface area contributed by atoms with Crippen molar-refractivity contribution >= 4 is 103 Å². The number of furan rings is 1. The third-order valence-corrected chi connectivity index (χ3v) is 11.0. The Morgan fingerprint density at radius 2 is 1.20 bits per heavy atom. The van der Waals surface area contributed by atoms with Crippen LogP contribution in [0.1, 0.15) is 0 Å². The third-order valence-electron chi connectivity index (χ3n) is 9.86. The molecule has 234 valence electrons. The number of rotatable bonds is 4. The molecule has 8 aromatic carbocycles. The van der Waals surface area contributed by atoms with Crippen LogP contribution in [0.25, 0.3) is 86.2 Å². The standard InChI is InChI=1S/C45H26N2O2S/c1-2-11-29(12-3-1)47(30-20-24-40-36(25-30)43-32-13-6-4-9-27(32)18-23-41(43)50-40)31-19-21-34-39(26-31)48-38-16-8-15-35(42(34)38)45-46-37-22-17-28-10-5-7-14-33(28)44(37)49-45/h1-26H. The summed E-state index contributed by atoms with van der Waals surface area (Å²) in [6.45, 7) is 0. The number of fused-ring (bicyclic) bond motifs is 11. The van der Waals surface area contributed by atoms with Crippen molar-refractivity contribution in [1.82, 2.24) is 4.98 Å². The highest BCUT2D eigenvalue weighted by atomic mass is 32.1. The summed E-state index contributed by atoms with van der Waals surface area (Å²) < 4.78 is 15.7. The molecular weight excluding hydrogens is 633 g/mol. The molecule has 0 saturated heterocycles. The average Bonchev–Trinajstić information content (AvgIpc) is 3.88. The minimum absolute atomic E-state index is 0.587. The van der Waals surface area contributed by atoms with Crippen molar-refractivity contribution in [2.45, 2.75) is 0 Å². The van der Waals surface area contributed by atoms with Crippen LogP contribution < -0.4 is 4.90 Å². The number of para-hydroxylation sites is 1. The summed E-state index contributed by atoms with van der Waals surface area (Å²) in [5.74, 6) is 0.587. The normalized spacial score (nSPS) is 12.0. The van der Waals surface area contributed by atoms with Gasteiger partial charge in [-0.25, -0.2) is 4.98 Å². The molecule has 3 aromatic heterocycles. The summed E-state index contributed by atoms with van der Waals surface area (Å²) in [7, 11) is 0. The van der Waals surface area contributed by atoms with E-state index in [0.29, 0.717) is 5.89 Å². The zero-order valence-electron chi connectivity index (χ0n) is 26.6. The van der Waals surface area contributed by atoms with Crippen LogP contribution in [0.3, 0.4) is 0 Å². The van der Waals surface area contributed by atoms with Crippen LogP contribution in [0.15, 0.2) is 167 Å². The SMILES string of the molecule is c1ccc(N(c2ccc3c(c2)oc2cccc(-c4nc5ccc6ccccc6c5o4)c23)c2ccc3sc4ccc5ccccc5c4c3c2)cc1. The van der Waals surface area contributed by atoms with Crippen molar-refractivity contribution in [1.29, 1.82) is 0 Å². The molecule has 11 rings (SSSR count). The molecule has 0 aliphatic heterocycles. The Balaban J connectivity index is 1.09. The van der Waals surface area contributed by atoms with Gasteiger partial charge in [0, 0.05) is 65.0 Å². The second-order valence-corrected chi connectivity index (χ2v) is 13.8. The molecule has 3 heterocycles.